The normalized spacial score (nSPS) is 24.6. The summed E-state index contributed by atoms with van der Waals surface area (Å²) in [7, 11) is 0. The van der Waals surface area contributed by atoms with E-state index in [1.54, 1.807) is 0 Å². The van der Waals surface area contributed by atoms with E-state index in [4.69, 9.17) is 0 Å². The number of hydrogen-bond donors (Lipinski definition) is 1. The van der Waals surface area contributed by atoms with Crippen molar-refractivity contribution in [3.05, 3.63) is 0 Å². The van der Waals surface area contributed by atoms with E-state index in [1.807, 2.05) is 0 Å². The van der Waals surface area contributed by atoms with Gasteiger partial charge in [-0.25, -0.2) is 0 Å². The molecule has 106 valence electrons. The highest BCUT2D eigenvalue weighted by Gasteiger charge is 2.39. The minimum Gasteiger partial charge on any atom is -0.326 e. The van der Waals surface area contributed by atoms with Crippen LogP contribution < -0.4 is 5.32 Å². The standard InChI is InChI=1S/C15H30N2O/c1-6-8-13-16-14(12(4)5)15(18)17(13)10-7-9-11(2)3/h11-14,16H,6-10H2,1-5H3. The van der Waals surface area contributed by atoms with Gasteiger partial charge in [0.1, 0.15) is 0 Å². The van der Waals surface area contributed by atoms with E-state index >= 15 is 0 Å². The van der Waals surface area contributed by atoms with Crippen LogP contribution in [0.25, 0.3) is 0 Å². The van der Waals surface area contributed by atoms with Crippen molar-refractivity contribution in [3.8, 4) is 0 Å². The van der Waals surface area contributed by atoms with Crippen LogP contribution in [0.5, 0.6) is 0 Å². The van der Waals surface area contributed by atoms with E-state index in [9.17, 15) is 4.79 Å². The second-order valence-corrected chi connectivity index (χ2v) is 6.26. The minimum atomic E-state index is 0.0283. The summed E-state index contributed by atoms with van der Waals surface area (Å²) in [6.07, 6.45) is 4.78. The molecule has 0 spiro atoms. The van der Waals surface area contributed by atoms with Crippen LogP contribution in [0.15, 0.2) is 0 Å². The van der Waals surface area contributed by atoms with Gasteiger partial charge in [-0.2, -0.15) is 0 Å². The molecule has 1 rings (SSSR count). The van der Waals surface area contributed by atoms with Gasteiger partial charge in [-0.15, -0.1) is 0 Å². The van der Waals surface area contributed by atoms with Gasteiger partial charge in [0.05, 0.1) is 12.2 Å². The summed E-state index contributed by atoms with van der Waals surface area (Å²) >= 11 is 0. The average Bonchev–Trinajstić information content (AvgIpc) is 2.57. The first-order chi connectivity index (χ1) is 8.47. The van der Waals surface area contributed by atoms with Crippen LogP contribution in [-0.2, 0) is 4.79 Å². The molecular weight excluding hydrogens is 224 g/mol. The summed E-state index contributed by atoms with van der Waals surface area (Å²) < 4.78 is 0. The lowest BCUT2D eigenvalue weighted by atomic mass is 10.0. The predicted molar refractivity (Wildman–Crippen MR) is 76.2 cm³/mol. The van der Waals surface area contributed by atoms with Crippen molar-refractivity contribution in [1.82, 2.24) is 10.2 Å². The molecule has 2 atom stereocenters. The number of hydrogen-bond acceptors (Lipinski definition) is 2. The van der Waals surface area contributed by atoms with Crippen LogP contribution in [0.4, 0.5) is 0 Å². The summed E-state index contributed by atoms with van der Waals surface area (Å²) in [5, 5.41) is 3.51. The molecule has 1 N–H and O–H groups in total. The number of carbonyl (C=O) groups is 1. The molecule has 1 saturated heterocycles. The van der Waals surface area contributed by atoms with E-state index in [2.05, 4.69) is 44.8 Å². The van der Waals surface area contributed by atoms with Gasteiger partial charge in [0, 0.05) is 6.54 Å². The molecule has 3 nitrogen and oxygen atoms in total. The van der Waals surface area contributed by atoms with Gasteiger partial charge < -0.3 is 4.90 Å². The van der Waals surface area contributed by atoms with Crippen molar-refractivity contribution < 1.29 is 4.79 Å². The van der Waals surface area contributed by atoms with Crippen LogP contribution in [0.3, 0.4) is 0 Å². The minimum absolute atomic E-state index is 0.0283. The molecule has 1 amide bonds. The lowest BCUT2D eigenvalue weighted by molar-refractivity contribution is -0.130. The molecule has 3 heteroatoms. The van der Waals surface area contributed by atoms with Crippen LogP contribution in [0.2, 0.25) is 0 Å². The van der Waals surface area contributed by atoms with E-state index in [1.165, 1.54) is 6.42 Å². The summed E-state index contributed by atoms with van der Waals surface area (Å²) in [5.41, 5.74) is 0. The predicted octanol–water partition coefficient (Wildman–Crippen LogP) is 3.01. The van der Waals surface area contributed by atoms with Crippen molar-refractivity contribution in [1.29, 1.82) is 0 Å². The van der Waals surface area contributed by atoms with E-state index in [0.29, 0.717) is 11.8 Å². The fourth-order valence-corrected chi connectivity index (χ4v) is 2.63. The van der Waals surface area contributed by atoms with E-state index in [0.717, 1.165) is 31.7 Å². The Kier molecular flexibility index (Phi) is 6.13. The number of rotatable bonds is 7. The maximum Gasteiger partial charge on any atom is 0.241 e. The molecular formula is C15H30N2O. The molecule has 0 saturated carbocycles. The number of amides is 1. The van der Waals surface area contributed by atoms with Gasteiger partial charge >= 0.3 is 0 Å². The fraction of sp³-hybridized carbons (Fsp3) is 0.933. The first-order valence-electron chi connectivity index (χ1n) is 7.53. The number of nitrogens with one attached hydrogen (secondary N) is 1. The maximum atomic E-state index is 12.4. The smallest absolute Gasteiger partial charge is 0.241 e. The van der Waals surface area contributed by atoms with E-state index < -0.39 is 0 Å². The van der Waals surface area contributed by atoms with Crippen molar-refractivity contribution in [2.45, 2.75) is 72.5 Å². The lowest BCUT2D eigenvalue weighted by Gasteiger charge is -2.24. The third kappa shape index (κ3) is 3.98. The summed E-state index contributed by atoms with van der Waals surface area (Å²) in [6.45, 7) is 11.8. The third-order valence-corrected chi connectivity index (χ3v) is 3.71. The largest absolute Gasteiger partial charge is 0.326 e. The topological polar surface area (TPSA) is 32.3 Å². The van der Waals surface area contributed by atoms with Gasteiger partial charge in [0.25, 0.3) is 0 Å². The van der Waals surface area contributed by atoms with Crippen LogP contribution in [0.1, 0.15) is 60.3 Å². The van der Waals surface area contributed by atoms with Crippen LogP contribution in [-0.4, -0.2) is 29.6 Å². The van der Waals surface area contributed by atoms with Crippen molar-refractivity contribution in [3.63, 3.8) is 0 Å². The molecule has 0 aromatic heterocycles. The Bertz CT molecular complexity index is 263. The van der Waals surface area contributed by atoms with Crippen molar-refractivity contribution >= 4 is 5.91 Å². The Balaban J connectivity index is 2.57. The zero-order valence-corrected chi connectivity index (χ0v) is 12.7. The highest BCUT2D eigenvalue weighted by atomic mass is 16.2. The SMILES string of the molecule is CCCC1NC(C(C)C)C(=O)N1CCCC(C)C. The number of carbonyl (C=O) groups excluding carboxylic acids is 1. The molecule has 18 heavy (non-hydrogen) atoms. The first-order valence-corrected chi connectivity index (χ1v) is 7.53. The molecule has 1 aliphatic rings. The fourth-order valence-electron chi connectivity index (χ4n) is 2.63. The molecule has 1 aliphatic heterocycles. The molecule has 2 unspecified atom stereocenters. The lowest BCUT2D eigenvalue weighted by Crippen LogP contribution is -2.38. The molecule has 1 fully saturated rings. The average molecular weight is 254 g/mol. The Morgan fingerprint density at radius 1 is 1.28 bits per heavy atom. The third-order valence-electron chi connectivity index (χ3n) is 3.71. The monoisotopic (exact) mass is 254 g/mol. The summed E-state index contributed by atoms with van der Waals surface area (Å²) in [4.78, 5) is 14.5. The number of nitrogens with zero attached hydrogens (tertiary/aromatic N) is 1. The molecule has 0 aromatic rings. The molecule has 0 radical (unpaired) electrons. The second kappa shape index (κ2) is 7.13. The van der Waals surface area contributed by atoms with Crippen molar-refractivity contribution in [2.75, 3.05) is 6.54 Å². The Hall–Kier alpha value is -0.570. The van der Waals surface area contributed by atoms with Crippen LogP contribution >= 0.6 is 0 Å². The Morgan fingerprint density at radius 2 is 1.94 bits per heavy atom. The Labute approximate surface area is 112 Å². The van der Waals surface area contributed by atoms with Gasteiger partial charge in [0.15, 0.2) is 0 Å². The van der Waals surface area contributed by atoms with Gasteiger partial charge in [0.2, 0.25) is 5.91 Å². The quantitative estimate of drug-likeness (QED) is 0.757. The zero-order chi connectivity index (χ0) is 13.7. The van der Waals surface area contributed by atoms with E-state index in [-0.39, 0.29) is 12.2 Å². The highest BCUT2D eigenvalue weighted by molar-refractivity contribution is 5.84. The second-order valence-electron chi connectivity index (χ2n) is 6.26. The highest BCUT2D eigenvalue weighted by Crippen LogP contribution is 2.20. The molecule has 1 heterocycles. The molecule has 0 aliphatic carbocycles. The van der Waals surface area contributed by atoms with Gasteiger partial charge in [-0.3, -0.25) is 10.1 Å². The van der Waals surface area contributed by atoms with Crippen molar-refractivity contribution in [2.24, 2.45) is 11.8 Å². The first kappa shape index (κ1) is 15.5. The Morgan fingerprint density at radius 3 is 2.44 bits per heavy atom. The molecule has 0 aromatic carbocycles. The van der Waals surface area contributed by atoms with Gasteiger partial charge in [-0.05, 0) is 31.1 Å². The molecule has 0 bridgehead atoms. The summed E-state index contributed by atoms with van der Waals surface area (Å²) in [6, 6.07) is 0.0283. The maximum absolute atomic E-state index is 12.4. The zero-order valence-electron chi connectivity index (χ0n) is 12.7. The summed E-state index contributed by atoms with van der Waals surface area (Å²) in [5.74, 6) is 1.42. The van der Waals surface area contributed by atoms with Crippen LogP contribution in [0, 0.1) is 11.8 Å². The van der Waals surface area contributed by atoms with Gasteiger partial charge in [-0.1, -0.05) is 41.0 Å².